The molecule has 0 amide bonds. The molecule has 0 aromatic heterocycles. The third-order valence-corrected chi connectivity index (χ3v) is 2.74. The van der Waals surface area contributed by atoms with E-state index in [4.69, 9.17) is 9.84 Å². The fourth-order valence-corrected chi connectivity index (χ4v) is 1.86. The Morgan fingerprint density at radius 2 is 2.12 bits per heavy atom. The Morgan fingerprint density at radius 3 is 2.69 bits per heavy atom. The summed E-state index contributed by atoms with van der Waals surface area (Å²) in [5, 5.41) is 8.90. The van der Waals surface area contributed by atoms with Crippen molar-refractivity contribution in [1.29, 1.82) is 0 Å². The number of ether oxygens (including phenoxy) is 1. The van der Waals surface area contributed by atoms with Gasteiger partial charge in [-0.3, -0.25) is 0 Å². The van der Waals surface area contributed by atoms with Gasteiger partial charge in [0.2, 0.25) is 0 Å². The summed E-state index contributed by atoms with van der Waals surface area (Å²) in [5.41, 5.74) is 1.23. The molecule has 1 rings (SSSR count). The molecule has 0 aliphatic carbocycles. The van der Waals surface area contributed by atoms with E-state index in [1.807, 2.05) is 12.1 Å². The molecule has 0 saturated carbocycles. The number of aliphatic hydroxyl groups excluding tert-OH is 1. The van der Waals surface area contributed by atoms with Crippen molar-refractivity contribution >= 4 is 0 Å². The van der Waals surface area contributed by atoms with E-state index in [9.17, 15) is 0 Å². The third kappa shape index (κ3) is 3.51. The van der Waals surface area contributed by atoms with E-state index < -0.39 is 0 Å². The van der Waals surface area contributed by atoms with E-state index in [-0.39, 0.29) is 6.61 Å². The highest BCUT2D eigenvalue weighted by Gasteiger charge is 2.13. The number of hydrogen-bond donors (Lipinski definition) is 1. The lowest BCUT2D eigenvalue weighted by Crippen LogP contribution is -2.20. The fraction of sp³-hybridized carbons (Fsp3) is 0.538. The Kier molecular flexibility index (Phi) is 5.29. The molecule has 0 aliphatic heterocycles. The number of nitrogens with zero attached hydrogens (tertiary/aromatic N) is 1. The van der Waals surface area contributed by atoms with Crippen LogP contribution in [0.1, 0.15) is 24.4 Å². The summed E-state index contributed by atoms with van der Waals surface area (Å²) in [7, 11) is 5.79. The van der Waals surface area contributed by atoms with Crippen molar-refractivity contribution in [3.8, 4) is 5.75 Å². The van der Waals surface area contributed by atoms with Gasteiger partial charge in [-0.05, 0) is 44.6 Å². The fourth-order valence-electron chi connectivity index (χ4n) is 1.86. The van der Waals surface area contributed by atoms with Gasteiger partial charge in [0.1, 0.15) is 5.75 Å². The smallest absolute Gasteiger partial charge is 0.119 e. The Labute approximate surface area is 97.7 Å². The van der Waals surface area contributed by atoms with Crippen LogP contribution in [0, 0.1) is 0 Å². The second-order valence-electron chi connectivity index (χ2n) is 4.12. The zero-order chi connectivity index (χ0) is 12.0. The molecule has 1 unspecified atom stereocenters. The maximum absolute atomic E-state index is 8.90. The van der Waals surface area contributed by atoms with Gasteiger partial charge >= 0.3 is 0 Å². The average molecular weight is 223 g/mol. The summed E-state index contributed by atoms with van der Waals surface area (Å²) in [6.45, 7) is 0.244. The maximum atomic E-state index is 8.90. The van der Waals surface area contributed by atoms with Gasteiger partial charge in [-0.1, -0.05) is 12.1 Å². The van der Waals surface area contributed by atoms with E-state index in [0.29, 0.717) is 6.04 Å². The molecule has 16 heavy (non-hydrogen) atoms. The summed E-state index contributed by atoms with van der Waals surface area (Å²) < 4.78 is 5.22. The maximum Gasteiger partial charge on any atom is 0.119 e. The molecule has 3 nitrogen and oxygen atoms in total. The van der Waals surface area contributed by atoms with Gasteiger partial charge in [-0.25, -0.2) is 0 Å². The molecule has 0 heterocycles. The third-order valence-electron chi connectivity index (χ3n) is 2.74. The van der Waals surface area contributed by atoms with E-state index in [0.717, 1.165) is 18.6 Å². The van der Waals surface area contributed by atoms with Gasteiger partial charge in [0.15, 0.2) is 0 Å². The normalized spacial score (nSPS) is 12.8. The molecule has 1 N–H and O–H groups in total. The van der Waals surface area contributed by atoms with Gasteiger partial charge in [0, 0.05) is 12.6 Å². The van der Waals surface area contributed by atoms with Crippen molar-refractivity contribution in [2.45, 2.75) is 18.9 Å². The van der Waals surface area contributed by atoms with Crippen molar-refractivity contribution in [2.24, 2.45) is 0 Å². The van der Waals surface area contributed by atoms with Crippen LogP contribution < -0.4 is 4.74 Å². The summed E-state index contributed by atoms with van der Waals surface area (Å²) in [6.07, 6.45) is 1.77. The SMILES string of the molecule is COc1cccc(C(CCCO)N(C)C)c1. The molecule has 0 aliphatic rings. The summed E-state index contributed by atoms with van der Waals surface area (Å²) >= 11 is 0. The Balaban J connectivity index is 2.82. The van der Waals surface area contributed by atoms with Crippen molar-refractivity contribution in [3.63, 3.8) is 0 Å². The number of methoxy groups -OCH3 is 1. The van der Waals surface area contributed by atoms with E-state index in [2.05, 4.69) is 31.1 Å². The topological polar surface area (TPSA) is 32.7 Å². The minimum atomic E-state index is 0.244. The molecular weight excluding hydrogens is 202 g/mol. The minimum Gasteiger partial charge on any atom is -0.497 e. The highest BCUT2D eigenvalue weighted by molar-refractivity contribution is 5.30. The predicted octanol–water partition coefficient (Wildman–Crippen LogP) is 2.07. The quantitative estimate of drug-likeness (QED) is 0.801. The van der Waals surface area contributed by atoms with Gasteiger partial charge in [-0.2, -0.15) is 0 Å². The molecule has 90 valence electrons. The Morgan fingerprint density at radius 1 is 1.38 bits per heavy atom. The standard InChI is InChI=1S/C13H21NO2/c1-14(2)13(8-5-9-15)11-6-4-7-12(10-11)16-3/h4,6-7,10,13,15H,5,8-9H2,1-3H3. The highest BCUT2D eigenvalue weighted by atomic mass is 16.5. The predicted molar refractivity (Wildman–Crippen MR) is 65.7 cm³/mol. The van der Waals surface area contributed by atoms with E-state index in [1.165, 1.54) is 5.56 Å². The summed E-state index contributed by atoms with van der Waals surface area (Å²) in [5.74, 6) is 0.883. The number of benzene rings is 1. The first-order valence-corrected chi connectivity index (χ1v) is 5.60. The molecule has 1 aromatic rings. The zero-order valence-corrected chi connectivity index (χ0v) is 10.3. The number of rotatable bonds is 6. The lowest BCUT2D eigenvalue weighted by molar-refractivity contribution is 0.235. The van der Waals surface area contributed by atoms with Crippen molar-refractivity contribution < 1.29 is 9.84 Å². The second kappa shape index (κ2) is 6.51. The van der Waals surface area contributed by atoms with E-state index in [1.54, 1.807) is 7.11 Å². The molecular formula is C13H21NO2. The van der Waals surface area contributed by atoms with Gasteiger partial charge in [-0.15, -0.1) is 0 Å². The van der Waals surface area contributed by atoms with Crippen LogP contribution in [0.5, 0.6) is 5.75 Å². The first kappa shape index (κ1) is 13.0. The summed E-state index contributed by atoms with van der Waals surface area (Å²) in [6, 6.07) is 8.45. The van der Waals surface area contributed by atoms with Crippen molar-refractivity contribution in [3.05, 3.63) is 29.8 Å². The molecule has 0 radical (unpaired) electrons. The molecule has 0 bridgehead atoms. The summed E-state index contributed by atoms with van der Waals surface area (Å²) in [4.78, 5) is 2.17. The highest BCUT2D eigenvalue weighted by Crippen LogP contribution is 2.26. The number of aliphatic hydroxyl groups is 1. The van der Waals surface area contributed by atoms with Crippen LogP contribution in [-0.2, 0) is 0 Å². The Hall–Kier alpha value is -1.06. The van der Waals surface area contributed by atoms with Crippen LogP contribution in [0.25, 0.3) is 0 Å². The molecule has 0 spiro atoms. The molecule has 0 fully saturated rings. The molecule has 3 heteroatoms. The largest absolute Gasteiger partial charge is 0.497 e. The average Bonchev–Trinajstić information content (AvgIpc) is 2.29. The molecule has 0 saturated heterocycles. The van der Waals surface area contributed by atoms with Crippen LogP contribution in [-0.4, -0.2) is 37.8 Å². The van der Waals surface area contributed by atoms with Gasteiger partial charge in [0.05, 0.1) is 7.11 Å². The van der Waals surface area contributed by atoms with E-state index >= 15 is 0 Å². The van der Waals surface area contributed by atoms with Crippen LogP contribution in [0.2, 0.25) is 0 Å². The minimum absolute atomic E-state index is 0.244. The second-order valence-corrected chi connectivity index (χ2v) is 4.12. The lowest BCUT2D eigenvalue weighted by atomic mass is 10.0. The van der Waals surface area contributed by atoms with Crippen molar-refractivity contribution in [2.75, 3.05) is 27.8 Å². The van der Waals surface area contributed by atoms with Crippen LogP contribution in [0.15, 0.2) is 24.3 Å². The van der Waals surface area contributed by atoms with Crippen molar-refractivity contribution in [1.82, 2.24) is 4.90 Å². The first-order valence-electron chi connectivity index (χ1n) is 5.60. The van der Waals surface area contributed by atoms with Crippen LogP contribution in [0.4, 0.5) is 0 Å². The monoisotopic (exact) mass is 223 g/mol. The first-order chi connectivity index (χ1) is 7.69. The zero-order valence-electron chi connectivity index (χ0n) is 10.3. The van der Waals surface area contributed by atoms with Gasteiger partial charge in [0.25, 0.3) is 0 Å². The molecule has 1 aromatic carbocycles. The molecule has 1 atom stereocenters. The number of hydrogen-bond acceptors (Lipinski definition) is 3. The van der Waals surface area contributed by atoms with Crippen LogP contribution in [0.3, 0.4) is 0 Å². The van der Waals surface area contributed by atoms with Crippen LogP contribution >= 0.6 is 0 Å². The Bertz CT molecular complexity index is 313. The lowest BCUT2D eigenvalue weighted by Gasteiger charge is -2.24. The van der Waals surface area contributed by atoms with Gasteiger partial charge < -0.3 is 14.7 Å².